The Morgan fingerprint density at radius 1 is 0.721 bits per heavy atom. The highest BCUT2D eigenvalue weighted by Crippen LogP contribution is 2.33. The first-order valence-corrected chi connectivity index (χ1v) is 18.0. The first-order chi connectivity index (χ1) is 21.1. The van der Waals surface area contributed by atoms with E-state index in [0.29, 0.717) is 31.2 Å². The zero-order valence-corrected chi connectivity index (χ0v) is 27.4. The quantitative estimate of drug-likeness (QED) is 0.0494. The minimum atomic E-state index is -0.0453. The Morgan fingerprint density at radius 3 is 1.93 bits per heavy atom. The number of carbonyl (C=O) groups excluding carboxylic acids is 3. The molecule has 242 valence electrons. The first kappa shape index (κ1) is 36.7. The van der Waals surface area contributed by atoms with Crippen molar-refractivity contribution < 1.29 is 14.4 Å². The summed E-state index contributed by atoms with van der Waals surface area (Å²) < 4.78 is 0. The van der Waals surface area contributed by atoms with Gasteiger partial charge >= 0.3 is 6.03 Å². The fourth-order valence-corrected chi connectivity index (χ4v) is 6.82. The highest BCUT2D eigenvalue weighted by atomic mass is 32.2. The van der Waals surface area contributed by atoms with Gasteiger partial charge < -0.3 is 21.3 Å². The second kappa shape index (κ2) is 24.9. The SMILES string of the molecule is CCCCC/C=C\C/C=C\C/C=C\C/C=C\CCCC(=O)NCCCCCNC(=O)CCCC[C@H]1SC[C@H]2NC(=O)N[C@@H]21. The molecule has 2 fully saturated rings. The average molecular weight is 615 g/mol. The molecule has 43 heavy (non-hydrogen) atoms. The number of rotatable bonds is 25. The van der Waals surface area contributed by atoms with Gasteiger partial charge in [-0.3, -0.25) is 9.59 Å². The van der Waals surface area contributed by atoms with Gasteiger partial charge in [0, 0.05) is 36.9 Å². The van der Waals surface area contributed by atoms with E-state index in [0.717, 1.165) is 76.4 Å². The predicted octanol–water partition coefficient (Wildman–Crippen LogP) is 7.26. The van der Waals surface area contributed by atoms with Crippen LogP contribution in [0.2, 0.25) is 0 Å². The lowest BCUT2D eigenvalue weighted by Gasteiger charge is -2.16. The van der Waals surface area contributed by atoms with Crippen molar-refractivity contribution in [2.24, 2.45) is 0 Å². The van der Waals surface area contributed by atoms with Gasteiger partial charge in [-0.2, -0.15) is 11.8 Å². The van der Waals surface area contributed by atoms with Crippen molar-refractivity contribution in [3.8, 4) is 0 Å². The van der Waals surface area contributed by atoms with Crippen LogP contribution in [-0.2, 0) is 9.59 Å². The van der Waals surface area contributed by atoms with E-state index in [4.69, 9.17) is 0 Å². The Balaban J connectivity index is 1.30. The van der Waals surface area contributed by atoms with Crippen molar-refractivity contribution in [3.05, 3.63) is 48.6 Å². The third kappa shape index (κ3) is 18.7. The molecule has 2 saturated heterocycles. The minimum absolute atomic E-state index is 0.0453. The van der Waals surface area contributed by atoms with Crippen molar-refractivity contribution in [2.45, 2.75) is 133 Å². The van der Waals surface area contributed by atoms with Gasteiger partial charge in [-0.25, -0.2) is 4.79 Å². The normalized spacial score (nSPS) is 19.9. The summed E-state index contributed by atoms with van der Waals surface area (Å²) in [5, 5.41) is 12.5. The molecular formula is C35H58N4O3S. The van der Waals surface area contributed by atoms with Crippen LogP contribution in [0, 0.1) is 0 Å². The monoisotopic (exact) mass is 614 g/mol. The van der Waals surface area contributed by atoms with E-state index in [1.54, 1.807) is 0 Å². The summed E-state index contributed by atoms with van der Waals surface area (Å²) in [6.45, 7) is 3.64. The third-order valence-corrected chi connectivity index (χ3v) is 9.32. The number of thioether (sulfide) groups is 1. The molecule has 8 heteroatoms. The Labute approximate surface area is 265 Å². The lowest BCUT2D eigenvalue weighted by atomic mass is 10.0. The molecule has 3 atom stereocenters. The fourth-order valence-electron chi connectivity index (χ4n) is 5.27. The molecule has 2 aliphatic rings. The number of fused-ring (bicyclic) bond motifs is 1. The summed E-state index contributed by atoms with van der Waals surface area (Å²) in [5.74, 6) is 1.22. The highest BCUT2D eigenvalue weighted by Gasteiger charge is 2.42. The van der Waals surface area contributed by atoms with Crippen molar-refractivity contribution in [2.75, 3.05) is 18.8 Å². The molecule has 4 N–H and O–H groups in total. The molecule has 7 nitrogen and oxygen atoms in total. The van der Waals surface area contributed by atoms with Gasteiger partial charge in [0.05, 0.1) is 12.1 Å². The Morgan fingerprint density at radius 2 is 1.30 bits per heavy atom. The van der Waals surface area contributed by atoms with E-state index < -0.39 is 0 Å². The van der Waals surface area contributed by atoms with Crippen LogP contribution in [0.5, 0.6) is 0 Å². The standard InChI is InChI=1S/C35H58N4O3S/c1-2-3-4-5-6-7-8-9-10-11-12-13-14-15-16-17-19-25-32(40)36-27-22-18-23-28-37-33(41)26-21-20-24-31-34-30(29-43-31)38-35(42)39-34/h6-7,9-10,12-13,15-16,30-31,34H,2-5,8,11,14,17-29H2,1H3,(H,36,40)(H,37,41)(H2,38,39,42)/b7-6-,10-9-,13-12-,16-15-/t30-,31-,34+/m1/s1. The number of carbonyl (C=O) groups is 3. The van der Waals surface area contributed by atoms with E-state index in [1.807, 2.05) is 11.8 Å². The van der Waals surface area contributed by atoms with Crippen LogP contribution >= 0.6 is 11.8 Å². The van der Waals surface area contributed by atoms with Crippen LogP contribution in [0.15, 0.2) is 48.6 Å². The highest BCUT2D eigenvalue weighted by molar-refractivity contribution is 8.00. The summed E-state index contributed by atoms with van der Waals surface area (Å²) in [6.07, 6.45) is 34.6. The fraction of sp³-hybridized carbons (Fsp3) is 0.686. The molecule has 0 aliphatic carbocycles. The molecule has 0 aromatic carbocycles. The molecule has 0 spiro atoms. The Kier molecular flexibility index (Phi) is 21.3. The molecular weight excluding hydrogens is 556 g/mol. The molecule has 4 amide bonds. The van der Waals surface area contributed by atoms with Gasteiger partial charge in [0.25, 0.3) is 0 Å². The van der Waals surface area contributed by atoms with Crippen LogP contribution in [-0.4, -0.2) is 54.0 Å². The zero-order chi connectivity index (χ0) is 30.8. The van der Waals surface area contributed by atoms with Gasteiger partial charge in [-0.1, -0.05) is 74.8 Å². The third-order valence-electron chi connectivity index (χ3n) is 7.81. The molecule has 0 bridgehead atoms. The first-order valence-electron chi connectivity index (χ1n) is 16.9. The number of allylic oxidation sites excluding steroid dienone is 8. The summed E-state index contributed by atoms with van der Waals surface area (Å²) in [4.78, 5) is 35.6. The number of unbranched alkanes of at least 4 members (excludes halogenated alkanes) is 7. The van der Waals surface area contributed by atoms with Crippen molar-refractivity contribution in [1.82, 2.24) is 21.3 Å². The Bertz CT molecular complexity index is 902. The van der Waals surface area contributed by atoms with E-state index in [1.165, 1.54) is 25.7 Å². The predicted molar refractivity (Wildman–Crippen MR) is 182 cm³/mol. The second-order valence-electron chi connectivity index (χ2n) is 11.6. The molecule has 0 aromatic heterocycles. The Hall–Kier alpha value is -2.48. The van der Waals surface area contributed by atoms with Crippen LogP contribution in [0.4, 0.5) is 4.79 Å². The van der Waals surface area contributed by atoms with E-state index in [-0.39, 0.29) is 29.9 Å². The molecule has 2 heterocycles. The van der Waals surface area contributed by atoms with E-state index in [9.17, 15) is 14.4 Å². The van der Waals surface area contributed by atoms with Crippen LogP contribution < -0.4 is 21.3 Å². The van der Waals surface area contributed by atoms with Gasteiger partial charge in [-0.15, -0.1) is 0 Å². The maximum atomic E-state index is 12.1. The maximum Gasteiger partial charge on any atom is 0.315 e. The van der Waals surface area contributed by atoms with Crippen LogP contribution in [0.25, 0.3) is 0 Å². The average Bonchev–Trinajstić information content (AvgIpc) is 3.55. The van der Waals surface area contributed by atoms with Gasteiger partial charge in [0.2, 0.25) is 11.8 Å². The zero-order valence-electron chi connectivity index (χ0n) is 26.6. The van der Waals surface area contributed by atoms with Crippen LogP contribution in [0.3, 0.4) is 0 Å². The molecule has 0 aromatic rings. The number of urea groups is 1. The minimum Gasteiger partial charge on any atom is -0.356 e. The second-order valence-corrected chi connectivity index (χ2v) is 12.9. The number of hydrogen-bond donors (Lipinski definition) is 4. The lowest BCUT2D eigenvalue weighted by Crippen LogP contribution is -2.36. The summed E-state index contributed by atoms with van der Waals surface area (Å²) >= 11 is 1.92. The smallest absolute Gasteiger partial charge is 0.315 e. The molecule has 0 saturated carbocycles. The molecule has 2 rings (SSSR count). The molecule has 0 unspecified atom stereocenters. The molecule has 0 radical (unpaired) electrons. The largest absolute Gasteiger partial charge is 0.356 e. The number of amides is 4. The van der Waals surface area contributed by atoms with Crippen molar-refractivity contribution in [3.63, 3.8) is 0 Å². The van der Waals surface area contributed by atoms with Gasteiger partial charge in [-0.05, 0) is 77.0 Å². The van der Waals surface area contributed by atoms with Crippen molar-refractivity contribution >= 4 is 29.6 Å². The number of nitrogens with one attached hydrogen (secondary N) is 4. The summed E-state index contributed by atoms with van der Waals surface area (Å²) in [7, 11) is 0. The molecule has 2 aliphatic heterocycles. The van der Waals surface area contributed by atoms with Gasteiger partial charge in [0.1, 0.15) is 0 Å². The lowest BCUT2D eigenvalue weighted by molar-refractivity contribution is -0.121. The van der Waals surface area contributed by atoms with Crippen molar-refractivity contribution in [1.29, 1.82) is 0 Å². The maximum absolute atomic E-state index is 12.1. The van der Waals surface area contributed by atoms with E-state index in [2.05, 4.69) is 76.8 Å². The number of hydrogen-bond acceptors (Lipinski definition) is 4. The summed E-state index contributed by atoms with van der Waals surface area (Å²) in [6, 6.07) is 0.461. The van der Waals surface area contributed by atoms with Crippen LogP contribution in [0.1, 0.15) is 116 Å². The van der Waals surface area contributed by atoms with E-state index >= 15 is 0 Å². The topological polar surface area (TPSA) is 99.3 Å². The summed E-state index contributed by atoms with van der Waals surface area (Å²) in [5.41, 5.74) is 0. The van der Waals surface area contributed by atoms with Gasteiger partial charge in [0.15, 0.2) is 0 Å².